The molecule has 0 saturated heterocycles. The predicted molar refractivity (Wildman–Crippen MR) is 43.5 cm³/mol. The van der Waals surface area contributed by atoms with E-state index in [4.69, 9.17) is 10.5 Å². The molecule has 0 aliphatic heterocycles. The predicted octanol–water partition coefficient (Wildman–Crippen LogP) is 1.22. The van der Waals surface area contributed by atoms with Crippen molar-refractivity contribution in [2.45, 2.75) is 0 Å². The van der Waals surface area contributed by atoms with Crippen molar-refractivity contribution in [3.63, 3.8) is 0 Å². The Morgan fingerprint density at radius 1 is 1.70 bits per heavy atom. The quantitative estimate of drug-likeness (QED) is 0.469. The van der Waals surface area contributed by atoms with Crippen molar-refractivity contribution in [3.8, 4) is 0 Å². The molecule has 0 aliphatic carbocycles. The van der Waals surface area contributed by atoms with E-state index in [1.54, 1.807) is 19.3 Å². The fraction of sp³-hybridized carbons (Fsp3) is 0.250. The summed E-state index contributed by atoms with van der Waals surface area (Å²) in [5, 5.41) is 0. The maximum atomic E-state index is 5.23. The monoisotopic (exact) mass is 139 g/mol. The molecular formula is C8H13NO. The largest absolute Gasteiger partial charge is 0.497 e. The summed E-state index contributed by atoms with van der Waals surface area (Å²) >= 11 is 0. The summed E-state index contributed by atoms with van der Waals surface area (Å²) in [5.74, 6) is 0.764. The Bertz CT molecular complexity index is 147. The normalized spacial score (nSPS) is 12.0. The molecule has 0 heterocycles. The molecule has 0 bridgehead atoms. The molecule has 0 atom stereocenters. The summed E-state index contributed by atoms with van der Waals surface area (Å²) in [6.45, 7) is 4.06. The minimum Gasteiger partial charge on any atom is -0.497 e. The fourth-order valence-corrected chi connectivity index (χ4v) is 0.492. The van der Waals surface area contributed by atoms with Crippen molar-refractivity contribution in [2.75, 3.05) is 13.7 Å². The van der Waals surface area contributed by atoms with Crippen LogP contribution in [0.25, 0.3) is 0 Å². The lowest BCUT2D eigenvalue weighted by Crippen LogP contribution is -1.93. The third-order valence-electron chi connectivity index (χ3n) is 0.936. The Morgan fingerprint density at radius 3 is 2.80 bits per heavy atom. The molecule has 0 aliphatic rings. The molecule has 0 radical (unpaired) electrons. The molecule has 2 nitrogen and oxygen atoms in total. The van der Waals surface area contributed by atoms with Gasteiger partial charge in [0.2, 0.25) is 0 Å². The number of allylic oxidation sites excluding steroid dienone is 3. The minimum atomic E-state index is 0.526. The molecule has 10 heavy (non-hydrogen) atoms. The lowest BCUT2D eigenvalue weighted by atomic mass is 10.4. The van der Waals surface area contributed by atoms with Crippen LogP contribution < -0.4 is 5.73 Å². The Kier molecular flexibility index (Phi) is 5.48. The Hall–Kier alpha value is -1.02. The number of nitrogens with two attached hydrogens (primary N) is 1. The van der Waals surface area contributed by atoms with E-state index >= 15 is 0 Å². The summed E-state index contributed by atoms with van der Waals surface area (Å²) in [5.41, 5.74) is 5.23. The molecule has 0 unspecified atom stereocenters. The smallest absolute Gasteiger partial charge is 0.118 e. The maximum Gasteiger partial charge on any atom is 0.118 e. The number of hydrogen-bond donors (Lipinski definition) is 1. The van der Waals surface area contributed by atoms with E-state index in [-0.39, 0.29) is 0 Å². The van der Waals surface area contributed by atoms with Crippen molar-refractivity contribution in [1.29, 1.82) is 0 Å². The van der Waals surface area contributed by atoms with Crippen LogP contribution in [0.4, 0.5) is 0 Å². The minimum absolute atomic E-state index is 0.526. The van der Waals surface area contributed by atoms with Gasteiger partial charge in [0, 0.05) is 6.54 Å². The van der Waals surface area contributed by atoms with Gasteiger partial charge in [-0.05, 0) is 12.2 Å². The first-order valence-electron chi connectivity index (χ1n) is 3.08. The van der Waals surface area contributed by atoms with Crippen LogP contribution in [-0.2, 0) is 4.74 Å². The first-order chi connectivity index (χ1) is 4.85. The van der Waals surface area contributed by atoms with Crippen LogP contribution in [0.5, 0.6) is 0 Å². The topological polar surface area (TPSA) is 35.2 Å². The van der Waals surface area contributed by atoms with Crippen LogP contribution in [0, 0.1) is 0 Å². The highest BCUT2D eigenvalue weighted by atomic mass is 16.5. The molecule has 56 valence electrons. The van der Waals surface area contributed by atoms with Gasteiger partial charge in [-0.3, -0.25) is 0 Å². The van der Waals surface area contributed by atoms with Gasteiger partial charge in [-0.1, -0.05) is 18.7 Å². The van der Waals surface area contributed by atoms with E-state index in [0.717, 1.165) is 5.76 Å². The van der Waals surface area contributed by atoms with Crippen LogP contribution in [0.1, 0.15) is 0 Å². The second-order valence-electron chi connectivity index (χ2n) is 1.65. The van der Waals surface area contributed by atoms with Gasteiger partial charge in [0.1, 0.15) is 5.76 Å². The SMILES string of the molecule is C=C/C=C(\C=C/CN)OC. The standard InChI is InChI=1S/C8H13NO/c1-3-5-8(10-2)6-4-7-9/h3-6H,1,7,9H2,2H3/b6-4-,8-5+. The highest BCUT2D eigenvalue weighted by Gasteiger charge is 1.82. The van der Waals surface area contributed by atoms with Crippen molar-refractivity contribution in [3.05, 3.63) is 36.6 Å². The summed E-state index contributed by atoms with van der Waals surface area (Å²) in [7, 11) is 1.61. The van der Waals surface area contributed by atoms with Crippen molar-refractivity contribution in [2.24, 2.45) is 5.73 Å². The number of methoxy groups -OCH3 is 1. The average molecular weight is 139 g/mol. The summed E-state index contributed by atoms with van der Waals surface area (Å²) < 4.78 is 4.94. The second kappa shape index (κ2) is 6.11. The zero-order valence-corrected chi connectivity index (χ0v) is 6.21. The summed E-state index contributed by atoms with van der Waals surface area (Å²) in [6.07, 6.45) is 7.06. The highest BCUT2D eigenvalue weighted by Crippen LogP contribution is 1.96. The lowest BCUT2D eigenvalue weighted by molar-refractivity contribution is 0.307. The maximum absolute atomic E-state index is 5.23. The average Bonchev–Trinajstić information content (AvgIpc) is 1.98. The molecule has 0 aromatic carbocycles. The van der Waals surface area contributed by atoms with Crippen molar-refractivity contribution in [1.82, 2.24) is 0 Å². The van der Waals surface area contributed by atoms with Crippen LogP contribution in [-0.4, -0.2) is 13.7 Å². The van der Waals surface area contributed by atoms with Crippen LogP contribution in [0.2, 0.25) is 0 Å². The van der Waals surface area contributed by atoms with E-state index in [1.165, 1.54) is 0 Å². The summed E-state index contributed by atoms with van der Waals surface area (Å²) in [4.78, 5) is 0. The third kappa shape index (κ3) is 3.92. The van der Waals surface area contributed by atoms with Gasteiger partial charge in [-0.25, -0.2) is 0 Å². The van der Waals surface area contributed by atoms with Gasteiger partial charge in [0.15, 0.2) is 0 Å². The molecule has 0 fully saturated rings. The molecule has 0 spiro atoms. The van der Waals surface area contributed by atoms with E-state index in [0.29, 0.717) is 6.54 Å². The summed E-state index contributed by atoms with van der Waals surface area (Å²) in [6, 6.07) is 0. The highest BCUT2D eigenvalue weighted by molar-refractivity contribution is 5.16. The van der Waals surface area contributed by atoms with Gasteiger partial charge >= 0.3 is 0 Å². The van der Waals surface area contributed by atoms with Gasteiger partial charge in [0.25, 0.3) is 0 Å². The van der Waals surface area contributed by atoms with E-state index < -0.39 is 0 Å². The van der Waals surface area contributed by atoms with Crippen LogP contribution in [0.3, 0.4) is 0 Å². The fourth-order valence-electron chi connectivity index (χ4n) is 0.492. The second-order valence-corrected chi connectivity index (χ2v) is 1.65. The van der Waals surface area contributed by atoms with Gasteiger partial charge < -0.3 is 10.5 Å². The van der Waals surface area contributed by atoms with Crippen molar-refractivity contribution >= 4 is 0 Å². The molecule has 0 amide bonds. The first kappa shape index (κ1) is 8.98. The van der Waals surface area contributed by atoms with E-state index in [9.17, 15) is 0 Å². The van der Waals surface area contributed by atoms with Crippen LogP contribution in [0.15, 0.2) is 36.6 Å². The van der Waals surface area contributed by atoms with Crippen molar-refractivity contribution < 1.29 is 4.74 Å². The van der Waals surface area contributed by atoms with Gasteiger partial charge in [-0.2, -0.15) is 0 Å². The number of hydrogen-bond acceptors (Lipinski definition) is 2. The molecule has 0 rings (SSSR count). The zero-order chi connectivity index (χ0) is 7.82. The Labute approximate surface area is 61.7 Å². The molecule has 0 aromatic heterocycles. The molecule has 2 N–H and O–H groups in total. The Balaban J connectivity index is 3.94. The number of rotatable bonds is 4. The van der Waals surface area contributed by atoms with Crippen LogP contribution >= 0.6 is 0 Å². The molecule has 0 aromatic rings. The first-order valence-corrected chi connectivity index (χ1v) is 3.08. The lowest BCUT2D eigenvalue weighted by Gasteiger charge is -1.96. The third-order valence-corrected chi connectivity index (χ3v) is 0.936. The van der Waals surface area contributed by atoms with Gasteiger partial charge in [0.05, 0.1) is 7.11 Å². The Morgan fingerprint density at radius 2 is 2.40 bits per heavy atom. The van der Waals surface area contributed by atoms with Gasteiger partial charge in [-0.15, -0.1) is 0 Å². The van der Waals surface area contributed by atoms with E-state index in [2.05, 4.69) is 6.58 Å². The molecular weight excluding hydrogens is 126 g/mol. The zero-order valence-electron chi connectivity index (χ0n) is 6.21. The number of ether oxygens (including phenoxy) is 1. The molecule has 2 heteroatoms. The molecule has 0 saturated carbocycles. The van der Waals surface area contributed by atoms with E-state index in [1.807, 2.05) is 12.2 Å².